The van der Waals surface area contributed by atoms with Crippen molar-refractivity contribution in [2.24, 2.45) is 0 Å². The Morgan fingerprint density at radius 2 is 1.77 bits per heavy atom. The zero-order valence-electron chi connectivity index (χ0n) is 16.6. The van der Waals surface area contributed by atoms with Gasteiger partial charge in [-0.3, -0.25) is 4.79 Å². The molecule has 1 amide bonds. The van der Waals surface area contributed by atoms with Gasteiger partial charge in [0.15, 0.2) is 0 Å². The molecule has 0 aliphatic carbocycles. The molecule has 0 saturated carbocycles. The molecule has 0 bridgehead atoms. The molecular formula is C25H28BrN3O. The fourth-order valence-electron chi connectivity index (χ4n) is 3.68. The lowest BCUT2D eigenvalue weighted by Gasteiger charge is -2.29. The van der Waals surface area contributed by atoms with Gasteiger partial charge in [-0.15, -0.1) is 0 Å². The van der Waals surface area contributed by atoms with Crippen LogP contribution in [-0.4, -0.2) is 12.5 Å². The van der Waals surface area contributed by atoms with E-state index < -0.39 is 0 Å². The van der Waals surface area contributed by atoms with Crippen LogP contribution in [0.1, 0.15) is 32.5 Å². The van der Waals surface area contributed by atoms with Crippen molar-refractivity contribution in [3.05, 3.63) is 83.7 Å². The number of allylic oxidation sites excluding steroid dienone is 1. The molecule has 5 heteroatoms. The summed E-state index contributed by atoms with van der Waals surface area (Å²) in [5.41, 5.74) is 5.71. The number of likely N-dealkylation sites (N-methyl/N-ethyl adjacent to an activating group) is 1. The minimum absolute atomic E-state index is 0. The molecule has 0 radical (unpaired) electrons. The maximum absolute atomic E-state index is 11.5. The van der Waals surface area contributed by atoms with Crippen molar-refractivity contribution < 1.29 is 26.3 Å². The van der Waals surface area contributed by atoms with E-state index in [1.165, 1.54) is 11.3 Å². The Hall–Kier alpha value is -2.92. The van der Waals surface area contributed by atoms with Gasteiger partial charge in [-0.05, 0) is 36.8 Å². The highest BCUT2D eigenvalue weighted by Gasteiger charge is 2.19. The number of fused-ring (bicyclic) bond motifs is 2. The van der Waals surface area contributed by atoms with E-state index in [9.17, 15) is 4.79 Å². The van der Waals surface area contributed by atoms with E-state index in [1.54, 1.807) is 6.92 Å². The van der Waals surface area contributed by atoms with Crippen LogP contribution in [0.5, 0.6) is 0 Å². The molecule has 1 aromatic heterocycles. The summed E-state index contributed by atoms with van der Waals surface area (Å²) in [5, 5.41) is 4.08. The summed E-state index contributed by atoms with van der Waals surface area (Å²) in [5.74, 6) is -0.0410. The number of hydrogen-bond acceptors (Lipinski definition) is 2. The van der Waals surface area contributed by atoms with E-state index in [-0.39, 0.29) is 30.3 Å². The Labute approximate surface area is 189 Å². The number of rotatable bonds is 4. The number of halogens is 1. The number of aromatic nitrogens is 1. The van der Waals surface area contributed by atoms with E-state index in [0.29, 0.717) is 6.67 Å². The van der Waals surface area contributed by atoms with Gasteiger partial charge in [-0.25, -0.2) is 0 Å². The molecule has 0 unspecified atom stereocenters. The first-order valence-corrected chi connectivity index (χ1v) is 9.60. The number of amides is 1. The van der Waals surface area contributed by atoms with E-state index in [2.05, 4.69) is 88.5 Å². The molecule has 30 heavy (non-hydrogen) atoms. The molecule has 0 spiro atoms. The molecule has 1 aliphatic heterocycles. The minimum Gasteiger partial charge on any atom is -1.00 e. The van der Waals surface area contributed by atoms with E-state index in [0.717, 1.165) is 28.8 Å². The molecule has 0 saturated heterocycles. The summed E-state index contributed by atoms with van der Waals surface area (Å²) in [7, 11) is 0. The topological polar surface area (TPSA) is 36.2 Å². The molecule has 0 fully saturated rings. The third kappa shape index (κ3) is 4.62. The second-order valence-corrected chi connectivity index (χ2v) is 6.84. The van der Waals surface area contributed by atoms with Crippen molar-refractivity contribution in [3.8, 4) is 0 Å². The van der Waals surface area contributed by atoms with Gasteiger partial charge in [0.25, 0.3) is 0 Å². The summed E-state index contributed by atoms with van der Waals surface area (Å²) in [6.45, 7) is 5.02. The van der Waals surface area contributed by atoms with Gasteiger partial charge >= 0.3 is 0 Å². The Morgan fingerprint density at radius 1 is 1.03 bits per heavy atom. The lowest BCUT2D eigenvalue weighted by atomic mass is 10.0. The highest BCUT2D eigenvalue weighted by atomic mass is 79.9. The van der Waals surface area contributed by atoms with E-state index in [4.69, 9.17) is 0 Å². The predicted molar refractivity (Wildman–Crippen MR) is 121 cm³/mol. The molecule has 156 valence electrons. The normalized spacial score (nSPS) is 13.4. The highest BCUT2D eigenvalue weighted by Crippen LogP contribution is 2.31. The highest BCUT2D eigenvalue weighted by molar-refractivity contribution is 5.80. The number of nitrogens with zero attached hydrogens (tertiary/aromatic N) is 2. The molecule has 2 aromatic carbocycles. The number of anilines is 1. The number of hydrogen-bond donors (Lipinski definition) is 1. The quantitative estimate of drug-likeness (QED) is 0.595. The van der Waals surface area contributed by atoms with Crippen LogP contribution in [0.2, 0.25) is 0 Å². The summed E-state index contributed by atoms with van der Waals surface area (Å²) in [4.78, 5) is 13.8. The first kappa shape index (κ1) is 23.4. The van der Waals surface area contributed by atoms with Gasteiger partial charge in [0.05, 0.1) is 0 Å². The van der Waals surface area contributed by atoms with Crippen LogP contribution in [0.4, 0.5) is 5.69 Å². The summed E-state index contributed by atoms with van der Waals surface area (Å²) >= 11 is 0. The summed E-state index contributed by atoms with van der Waals surface area (Å²) in [6, 6.07) is 20.9. The van der Waals surface area contributed by atoms with Crippen LogP contribution >= 0.6 is 0 Å². The second-order valence-electron chi connectivity index (χ2n) is 6.84. The number of pyridine rings is 1. The standard InChI is InChI=1S/C24H23N3O.CH4.BrH/c1-3-26-21(14-12-19-8-4-6-10-23(19)26)16-22-15-13-20-9-5-7-11-24(20)27(22)17-25-18(2)28;;/h4-16H,3,17H2,1-2H3;1H4;1H. The zero-order valence-corrected chi connectivity index (χ0v) is 18.2. The lowest BCUT2D eigenvalue weighted by molar-refractivity contribution is -0.676. The van der Waals surface area contributed by atoms with Crippen molar-refractivity contribution in [2.45, 2.75) is 27.9 Å². The third-order valence-electron chi connectivity index (χ3n) is 5.04. The van der Waals surface area contributed by atoms with Gasteiger partial charge in [-0.2, -0.15) is 4.57 Å². The van der Waals surface area contributed by atoms with Crippen LogP contribution in [0.15, 0.2) is 72.4 Å². The van der Waals surface area contributed by atoms with Crippen LogP contribution in [0, 0.1) is 0 Å². The third-order valence-corrected chi connectivity index (χ3v) is 5.04. The van der Waals surface area contributed by atoms with Crippen LogP contribution in [0.3, 0.4) is 0 Å². The zero-order chi connectivity index (χ0) is 19.5. The molecule has 4 nitrogen and oxygen atoms in total. The van der Waals surface area contributed by atoms with Gasteiger partial charge in [0.1, 0.15) is 0 Å². The molecule has 4 rings (SSSR count). The number of nitrogens with one attached hydrogen (secondary N) is 1. The number of para-hydroxylation sites is 2. The maximum atomic E-state index is 11.5. The average molecular weight is 466 g/mol. The summed E-state index contributed by atoms with van der Waals surface area (Å²) in [6.07, 6.45) is 6.50. The fourth-order valence-corrected chi connectivity index (χ4v) is 3.68. The van der Waals surface area contributed by atoms with Gasteiger partial charge in [0, 0.05) is 48.4 Å². The van der Waals surface area contributed by atoms with Crippen molar-refractivity contribution >= 4 is 34.6 Å². The SMILES string of the molecule is C.CCN1C(=Cc2ccc3ccccc3[n+]2CNC(C)=O)C=Cc2ccccc21.[Br-]. The fraction of sp³-hybridized carbons (Fsp3) is 0.200. The Balaban J connectivity index is 0.00000160. The van der Waals surface area contributed by atoms with Crippen molar-refractivity contribution in [1.29, 1.82) is 0 Å². The minimum atomic E-state index is -0.0410. The molecule has 0 atom stereocenters. The number of carbonyl (C=O) groups excluding carboxylic acids is 1. The van der Waals surface area contributed by atoms with Crippen LogP contribution < -0.4 is 31.8 Å². The predicted octanol–water partition coefficient (Wildman–Crippen LogP) is 1.76. The number of benzene rings is 2. The van der Waals surface area contributed by atoms with E-state index in [1.807, 2.05) is 12.1 Å². The smallest absolute Gasteiger partial charge is 0.224 e. The van der Waals surface area contributed by atoms with Crippen molar-refractivity contribution in [2.75, 3.05) is 11.4 Å². The number of carbonyl (C=O) groups is 1. The average Bonchev–Trinajstić information content (AvgIpc) is 2.72. The first-order valence-electron chi connectivity index (χ1n) is 9.60. The van der Waals surface area contributed by atoms with Gasteiger partial charge in [-0.1, -0.05) is 43.8 Å². The monoisotopic (exact) mass is 465 g/mol. The molecule has 3 aromatic rings. The Kier molecular flexibility index (Phi) is 7.95. The van der Waals surface area contributed by atoms with Crippen molar-refractivity contribution in [1.82, 2.24) is 5.32 Å². The second kappa shape index (κ2) is 10.2. The van der Waals surface area contributed by atoms with Crippen LogP contribution in [0.25, 0.3) is 23.1 Å². The maximum Gasteiger partial charge on any atom is 0.224 e. The Morgan fingerprint density at radius 3 is 2.53 bits per heavy atom. The summed E-state index contributed by atoms with van der Waals surface area (Å²) < 4.78 is 2.14. The molecular weight excluding hydrogens is 438 g/mol. The van der Waals surface area contributed by atoms with Crippen molar-refractivity contribution in [3.63, 3.8) is 0 Å². The lowest BCUT2D eigenvalue weighted by Crippen LogP contribution is -3.00. The van der Waals surface area contributed by atoms with Gasteiger partial charge in [0.2, 0.25) is 23.8 Å². The molecule has 1 aliphatic rings. The Bertz CT molecular complexity index is 1100. The molecule has 1 N–H and O–H groups in total. The van der Waals surface area contributed by atoms with Gasteiger partial charge < -0.3 is 27.2 Å². The van der Waals surface area contributed by atoms with E-state index >= 15 is 0 Å². The van der Waals surface area contributed by atoms with Crippen LogP contribution in [-0.2, 0) is 11.5 Å². The largest absolute Gasteiger partial charge is 1.00 e. The molecule has 2 heterocycles. The first-order chi connectivity index (χ1) is 13.7.